The highest BCUT2D eigenvalue weighted by Gasteiger charge is 2.65. The van der Waals surface area contributed by atoms with E-state index in [-0.39, 0.29) is 0 Å². The van der Waals surface area contributed by atoms with Gasteiger partial charge in [0.05, 0.1) is 12.2 Å². The molecule has 2 aliphatic heterocycles. The molecule has 0 radical (unpaired) electrons. The van der Waals surface area contributed by atoms with E-state index in [0.29, 0.717) is 29.6 Å². The zero-order valence-electron chi connectivity index (χ0n) is 17.8. The lowest BCUT2D eigenvalue weighted by atomic mass is 9.54. The largest absolute Gasteiger partial charge is 0.385 e. The van der Waals surface area contributed by atoms with Crippen LogP contribution in [0.15, 0.2) is 4.99 Å². The van der Waals surface area contributed by atoms with Crippen LogP contribution in [0.2, 0.25) is 0 Å². The number of piperidine rings is 1. The monoisotopic (exact) mass is 393 g/mol. The number of hydrogen-bond acceptors (Lipinski definition) is 4. The summed E-state index contributed by atoms with van der Waals surface area (Å²) in [6, 6.07) is 0.552. The van der Waals surface area contributed by atoms with Gasteiger partial charge in [-0.25, -0.2) is 0 Å². The molecule has 1 spiro atoms. The number of methoxy groups -OCH3 is 1. The summed E-state index contributed by atoms with van der Waals surface area (Å²) in [7, 11) is 1.75. The first-order valence-corrected chi connectivity index (χ1v) is 11.6. The van der Waals surface area contributed by atoms with Gasteiger partial charge in [-0.05, 0) is 45.4 Å². The maximum atomic E-state index is 6.16. The summed E-state index contributed by atoms with van der Waals surface area (Å²) in [4.78, 5) is 7.35. The van der Waals surface area contributed by atoms with Gasteiger partial charge in [0.15, 0.2) is 5.96 Å². The van der Waals surface area contributed by atoms with Crippen molar-refractivity contribution in [3.05, 3.63) is 0 Å². The summed E-state index contributed by atoms with van der Waals surface area (Å²) < 4.78 is 17.3. The number of likely N-dealkylation sites (tertiary alicyclic amines) is 1. The predicted octanol–water partition coefficient (Wildman–Crippen LogP) is 2.82. The van der Waals surface area contributed by atoms with Crippen molar-refractivity contribution in [3.8, 4) is 0 Å². The summed E-state index contributed by atoms with van der Waals surface area (Å²) in [5.74, 6) is 1.81. The maximum Gasteiger partial charge on any atom is 0.194 e. The van der Waals surface area contributed by atoms with Crippen LogP contribution in [0, 0.1) is 11.3 Å². The van der Waals surface area contributed by atoms with Crippen molar-refractivity contribution in [1.29, 1.82) is 0 Å². The average Bonchev–Trinajstić information content (AvgIpc) is 3.38. The van der Waals surface area contributed by atoms with Gasteiger partial charge in [0.2, 0.25) is 0 Å². The van der Waals surface area contributed by atoms with Crippen molar-refractivity contribution in [1.82, 2.24) is 10.2 Å². The van der Waals surface area contributed by atoms with E-state index >= 15 is 0 Å². The normalized spacial score (nSPS) is 32.6. The highest BCUT2D eigenvalue weighted by atomic mass is 16.5. The molecule has 0 aromatic carbocycles. The number of hydrogen-bond donors (Lipinski definition) is 1. The molecular weight excluding hydrogens is 354 g/mol. The summed E-state index contributed by atoms with van der Waals surface area (Å²) in [6.07, 6.45) is 10.6. The predicted molar refractivity (Wildman–Crippen MR) is 111 cm³/mol. The molecule has 2 heterocycles. The zero-order valence-corrected chi connectivity index (χ0v) is 17.8. The lowest BCUT2D eigenvalue weighted by Crippen LogP contribution is -2.69. The molecule has 6 heteroatoms. The summed E-state index contributed by atoms with van der Waals surface area (Å²) in [6.45, 7) is 7.57. The fourth-order valence-electron chi connectivity index (χ4n) is 6.12. The summed E-state index contributed by atoms with van der Waals surface area (Å²) >= 11 is 0. The lowest BCUT2D eigenvalue weighted by molar-refractivity contribution is -0.125. The van der Waals surface area contributed by atoms with Gasteiger partial charge in [0, 0.05) is 63.9 Å². The second-order valence-electron chi connectivity index (χ2n) is 9.01. The second kappa shape index (κ2) is 9.31. The Morgan fingerprint density at radius 1 is 1.18 bits per heavy atom. The molecule has 28 heavy (non-hydrogen) atoms. The van der Waals surface area contributed by atoms with E-state index in [0.717, 1.165) is 64.7 Å². The quantitative estimate of drug-likeness (QED) is 0.409. The van der Waals surface area contributed by atoms with Crippen LogP contribution >= 0.6 is 0 Å². The molecule has 2 aliphatic carbocycles. The fourth-order valence-corrected chi connectivity index (χ4v) is 6.12. The fraction of sp³-hybridized carbons (Fsp3) is 0.955. The Balaban J connectivity index is 1.32. The maximum absolute atomic E-state index is 6.16. The van der Waals surface area contributed by atoms with Crippen molar-refractivity contribution in [2.75, 3.05) is 46.6 Å². The van der Waals surface area contributed by atoms with Gasteiger partial charge >= 0.3 is 0 Å². The number of guanidine groups is 1. The van der Waals surface area contributed by atoms with E-state index < -0.39 is 0 Å². The highest BCUT2D eigenvalue weighted by Crippen LogP contribution is 2.60. The minimum absolute atomic E-state index is 0.373. The van der Waals surface area contributed by atoms with Crippen molar-refractivity contribution >= 4 is 5.96 Å². The number of rotatable bonds is 7. The first-order valence-electron chi connectivity index (χ1n) is 11.6. The topological polar surface area (TPSA) is 55.3 Å². The SMILES string of the molecule is CCN=C(NC1C2CCOC2C12CCCC2)N1CCC(OCCCOC)CC1. The molecule has 0 aromatic rings. The molecule has 0 aromatic heterocycles. The lowest BCUT2D eigenvalue weighted by Gasteiger charge is -2.57. The number of fused-ring (bicyclic) bond motifs is 2. The van der Waals surface area contributed by atoms with Crippen LogP contribution in [0.1, 0.15) is 58.3 Å². The smallest absolute Gasteiger partial charge is 0.194 e. The van der Waals surface area contributed by atoms with Gasteiger partial charge < -0.3 is 24.4 Å². The van der Waals surface area contributed by atoms with E-state index in [4.69, 9.17) is 19.2 Å². The molecule has 4 rings (SSSR count). The third-order valence-corrected chi connectivity index (χ3v) is 7.47. The molecule has 0 bridgehead atoms. The molecule has 4 aliphatic rings. The van der Waals surface area contributed by atoms with Crippen LogP contribution < -0.4 is 5.32 Å². The molecule has 6 nitrogen and oxygen atoms in total. The number of nitrogens with zero attached hydrogens (tertiary/aromatic N) is 2. The number of aliphatic imine (C=N–C) groups is 1. The van der Waals surface area contributed by atoms with Crippen molar-refractivity contribution in [2.45, 2.75) is 76.5 Å². The van der Waals surface area contributed by atoms with Crippen molar-refractivity contribution < 1.29 is 14.2 Å². The van der Waals surface area contributed by atoms with E-state index in [9.17, 15) is 0 Å². The number of ether oxygens (including phenoxy) is 3. The summed E-state index contributed by atoms with van der Waals surface area (Å²) in [5, 5.41) is 3.94. The average molecular weight is 394 g/mol. The third kappa shape index (κ3) is 3.92. The zero-order chi connectivity index (χ0) is 19.4. The van der Waals surface area contributed by atoms with E-state index in [1.807, 2.05) is 0 Å². The highest BCUT2D eigenvalue weighted by molar-refractivity contribution is 5.80. The molecule has 4 fully saturated rings. The van der Waals surface area contributed by atoms with E-state index in [1.54, 1.807) is 7.11 Å². The van der Waals surface area contributed by atoms with Crippen LogP contribution in [0.3, 0.4) is 0 Å². The van der Waals surface area contributed by atoms with Gasteiger partial charge in [-0.1, -0.05) is 12.8 Å². The molecule has 0 amide bonds. The minimum Gasteiger partial charge on any atom is -0.385 e. The van der Waals surface area contributed by atoms with Gasteiger partial charge in [0.1, 0.15) is 0 Å². The number of nitrogens with one attached hydrogen (secondary N) is 1. The Morgan fingerprint density at radius 2 is 1.96 bits per heavy atom. The first kappa shape index (κ1) is 20.4. The minimum atomic E-state index is 0.373. The Bertz CT molecular complexity index is 527. The molecule has 2 saturated heterocycles. The first-order chi connectivity index (χ1) is 13.8. The molecule has 160 valence electrons. The van der Waals surface area contributed by atoms with Gasteiger partial charge in [-0.15, -0.1) is 0 Å². The van der Waals surface area contributed by atoms with Crippen molar-refractivity contribution in [2.24, 2.45) is 16.3 Å². The van der Waals surface area contributed by atoms with Gasteiger partial charge in [-0.2, -0.15) is 0 Å². The molecule has 1 N–H and O–H groups in total. The van der Waals surface area contributed by atoms with Gasteiger partial charge in [0.25, 0.3) is 0 Å². The second-order valence-corrected chi connectivity index (χ2v) is 9.01. The Morgan fingerprint density at radius 3 is 2.68 bits per heavy atom. The molecule has 3 unspecified atom stereocenters. The van der Waals surface area contributed by atoms with Crippen LogP contribution in [0.25, 0.3) is 0 Å². The molecular formula is C22H39N3O3. The van der Waals surface area contributed by atoms with Crippen LogP contribution in [-0.2, 0) is 14.2 Å². The van der Waals surface area contributed by atoms with Crippen LogP contribution in [0.5, 0.6) is 0 Å². The van der Waals surface area contributed by atoms with E-state index in [2.05, 4.69) is 17.1 Å². The van der Waals surface area contributed by atoms with Crippen molar-refractivity contribution in [3.63, 3.8) is 0 Å². The Kier molecular flexibility index (Phi) is 6.79. The summed E-state index contributed by atoms with van der Waals surface area (Å²) in [5.41, 5.74) is 0.373. The Labute approximate surface area is 170 Å². The van der Waals surface area contributed by atoms with Crippen LogP contribution in [-0.4, -0.2) is 75.7 Å². The van der Waals surface area contributed by atoms with E-state index in [1.165, 1.54) is 32.1 Å². The van der Waals surface area contributed by atoms with Gasteiger partial charge in [-0.3, -0.25) is 4.99 Å². The Hall–Kier alpha value is -0.850. The third-order valence-electron chi connectivity index (χ3n) is 7.47. The molecule has 2 saturated carbocycles. The van der Waals surface area contributed by atoms with Crippen LogP contribution in [0.4, 0.5) is 0 Å². The standard InChI is InChI=1S/C22H39N3O3/c1-3-23-21(25-12-7-17(8-13-25)27-15-6-14-26-2)24-19-18-9-16-28-20(18)22(19)10-4-5-11-22/h17-20H,3-16H2,1-2H3,(H,23,24). The molecule has 3 atom stereocenters.